The summed E-state index contributed by atoms with van der Waals surface area (Å²) in [5.41, 5.74) is 4.74. The molecule has 8 heteroatoms. The molecule has 0 aromatic heterocycles. The van der Waals surface area contributed by atoms with Crippen molar-refractivity contribution in [2.24, 2.45) is 0 Å². The first kappa shape index (κ1) is 23.2. The van der Waals surface area contributed by atoms with E-state index < -0.39 is 18.1 Å². The molecule has 2 aromatic carbocycles. The van der Waals surface area contributed by atoms with Crippen molar-refractivity contribution in [3.8, 4) is 11.1 Å². The van der Waals surface area contributed by atoms with Crippen LogP contribution in [0, 0.1) is 0 Å². The number of fused-ring (bicyclic) bond motifs is 3. The number of ether oxygens (including phenoxy) is 1. The Morgan fingerprint density at radius 1 is 1.00 bits per heavy atom. The van der Waals surface area contributed by atoms with Gasteiger partial charge in [-0.05, 0) is 35.1 Å². The fourth-order valence-electron chi connectivity index (χ4n) is 4.45. The van der Waals surface area contributed by atoms with Crippen molar-refractivity contribution in [2.75, 3.05) is 24.8 Å². The van der Waals surface area contributed by atoms with Gasteiger partial charge in [-0.3, -0.25) is 4.79 Å². The van der Waals surface area contributed by atoms with Crippen LogP contribution in [0.15, 0.2) is 48.5 Å². The molecule has 2 amide bonds. The normalized spacial score (nSPS) is 16.8. The number of alkyl carbamates (subject to hydrolysis) is 1. The minimum Gasteiger partial charge on any atom is -0.480 e. The van der Waals surface area contributed by atoms with Crippen LogP contribution in [-0.2, 0) is 14.3 Å². The van der Waals surface area contributed by atoms with Gasteiger partial charge < -0.3 is 20.1 Å². The van der Waals surface area contributed by atoms with E-state index in [0.717, 1.165) is 12.8 Å². The van der Waals surface area contributed by atoms with Crippen molar-refractivity contribution in [2.45, 2.75) is 37.6 Å². The first-order valence-electron chi connectivity index (χ1n) is 11.2. The zero-order chi connectivity index (χ0) is 23.2. The number of nitrogens with one attached hydrogen (secondary N) is 1. The van der Waals surface area contributed by atoms with Gasteiger partial charge in [-0.15, -0.1) is 11.8 Å². The third kappa shape index (κ3) is 5.33. The van der Waals surface area contributed by atoms with Gasteiger partial charge in [0.05, 0.1) is 5.88 Å². The van der Waals surface area contributed by atoms with Crippen LogP contribution in [0.2, 0.25) is 0 Å². The van der Waals surface area contributed by atoms with Crippen LogP contribution in [0.3, 0.4) is 0 Å². The van der Waals surface area contributed by atoms with E-state index in [4.69, 9.17) is 4.74 Å². The van der Waals surface area contributed by atoms with Gasteiger partial charge >= 0.3 is 12.1 Å². The number of hydrogen-bond acceptors (Lipinski definition) is 5. The van der Waals surface area contributed by atoms with E-state index in [2.05, 4.69) is 29.6 Å². The number of aliphatic carboxylic acids is 1. The molecule has 1 fully saturated rings. The summed E-state index contributed by atoms with van der Waals surface area (Å²) in [5.74, 6) is -0.130. The Hall–Kier alpha value is -3.00. The SMILES string of the molecule is O=C(NCCCCCC(=O)N1CSC[C@H]1C(=O)O)OCC1c2ccccc2-c2ccccc21. The molecule has 33 heavy (non-hydrogen) atoms. The van der Waals surface area contributed by atoms with Crippen molar-refractivity contribution in [1.29, 1.82) is 0 Å². The molecule has 1 aliphatic heterocycles. The van der Waals surface area contributed by atoms with Gasteiger partial charge in [0.2, 0.25) is 5.91 Å². The Balaban J connectivity index is 1.15. The van der Waals surface area contributed by atoms with Gasteiger partial charge in [0.15, 0.2) is 0 Å². The molecule has 7 nitrogen and oxygen atoms in total. The van der Waals surface area contributed by atoms with Crippen molar-refractivity contribution >= 4 is 29.7 Å². The molecule has 1 aliphatic carbocycles. The monoisotopic (exact) mass is 468 g/mol. The smallest absolute Gasteiger partial charge is 0.407 e. The highest BCUT2D eigenvalue weighted by Crippen LogP contribution is 2.44. The molecule has 0 radical (unpaired) electrons. The van der Waals surface area contributed by atoms with Gasteiger partial charge in [0, 0.05) is 24.6 Å². The van der Waals surface area contributed by atoms with Crippen LogP contribution in [0.1, 0.15) is 42.7 Å². The molecule has 2 aromatic rings. The Kier molecular flexibility index (Phi) is 7.54. The van der Waals surface area contributed by atoms with Crippen LogP contribution >= 0.6 is 11.8 Å². The van der Waals surface area contributed by atoms with Crippen LogP contribution in [0.5, 0.6) is 0 Å². The molecule has 0 spiro atoms. The van der Waals surface area contributed by atoms with Crippen LogP contribution in [-0.4, -0.2) is 58.8 Å². The van der Waals surface area contributed by atoms with Crippen molar-refractivity contribution in [1.82, 2.24) is 10.2 Å². The Labute approximate surface area is 197 Å². The summed E-state index contributed by atoms with van der Waals surface area (Å²) in [6.07, 6.45) is 2.06. The van der Waals surface area contributed by atoms with Gasteiger partial charge in [-0.2, -0.15) is 0 Å². The number of carboxylic acids is 1. The minimum absolute atomic E-state index is 0.0348. The number of nitrogens with zero attached hydrogens (tertiary/aromatic N) is 1. The highest BCUT2D eigenvalue weighted by atomic mass is 32.2. The highest BCUT2D eigenvalue weighted by molar-refractivity contribution is 7.99. The maximum absolute atomic E-state index is 12.2. The molecule has 0 unspecified atom stereocenters. The predicted octanol–water partition coefficient (Wildman–Crippen LogP) is 4.07. The quantitative estimate of drug-likeness (QED) is 0.539. The van der Waals surface area contributed by atoms with Crippen molar-refractivity contribution in [3.63, 3.8) is 0 Å². The number of unbranched alkanes of at least 4 members (excludes halogenated alkanes) is 2. The summed E-state index contributed by atoms with van der Waals surface area (Å²) >= 11 is 1.47. The second-order valence-corrected chi connectivity index (χ2v) is 9.28. The average Bonchev–Trinajstić information content (AvgIpc) is 3.43. The number of carbonyl (C=O) groups is 3. The van der Waals surface area contributed by atoms with E-state index in [9.17, 15) is 19.5 Å². The first-order valence-corrected chi connectivity index (χ1v) is 12.4. The second kappa shape index (κ2) is 10.7. The lowest BCUT2D eigenvalue weighted by atomic mass is 9.98. The number of rotatable bonds is 9. The number of benzene rings is 2. The average molecular weight is 469 g/mol. The Bertz CT molecular complexity index is 982. The Morgan fingerprint density at radius 2 is 1.67 bits per heavy atom. The fourth-order valence-corrected chi connectivity index (χ4v) is 5.63. The lowest BCUT2D eigenvalue weighted by molar-refractivity contribution is -0.147. The largest absolute Gasteiger partial charge is 0.480 e. The highest BCUT2D eigenvalue weighted by Gasteiger charge is 2.34. The lowest BCUT2D eigenvalue weighted by Gasteiger charge is -2.20. The molecular weight excluding hydrogens is 440 g/mol. The van der Waals surface area contributed by atoms with Crippen LogP contribution in [0.25, 0.3) is 11.1 Å². The number of amides is 2. The molecule has 174 valence electrons. The van der Waals surface area contributed by atoms with Crippen LogP contribution in [0.4, 0.5) is 4.79 Å². The maximum atomic E-state index is 12.2. The summed E-state index contributed by atoms with van der Waals surface area (Å²) in [6.45, 7) is 0.759. The Morgan fingerprint density at radius 3 is 2.33 bits per heavy atom. The topological polar surface area (TPSA) is 95.9 Å². The van der Waals surface area contributed by atoms with E-state index in [-0.39, 0.29) is 18.4 Å². The summed E-state index contributed by atoms with van der Waals surface area (Å²) in [7, 11) is 0. The van der Waals surface area contributed by atoms with Crippen molar-refractivity contribution in [3.05, 3.63) is 59.7 Å². The van der Waals surface area contributed by atoms with E-state index in [0.29, 0.717) is 31.0 Å². The third-order valence-corrected chi connectivity index (χ3v) is 7.18. The second-order valence-electron chi connectivity index (χ2n) is 8.28. The molecular formula is C25H28N2O5S. The molecule has 1 heterocycles. The number of hydrogen-bond donors (Lipinski definition) is 2. The summed E-state index contributed by atoms with van der Waals surface area (Å²) in [6, 6.07) is 15.7. The number of carboxylic acid groups (broad SMARTS) is 1. The fraction of sp³-hybridized carbons (Fsp3) is 0.400. The van der Waals surface area contributed by atoms with E-state index in [1.54, 1.807) is 0 Å². The first-order chi connectivity index (χ1) is 16.1. The van der Waals surface area contributed by atoms with Crippen LogP contribution < -0.4 is 5.32 Å². The predicted molar refractivity (Wildman–Crippen MR) is 127 cm³/mol. The summed E-state index contributed by atoms with van der Waals surface area (Å²) in [4.78, 5) is 37.1. The third-order valence-electron chi connectivity index (χ3n) is 6.17. The molecule has 2 aliphatic rings. The standard InChI is InChI=1S/C25H28N2O5S/c28-23(27-16-33-15-22(27)24(29)30)12-2-1-7-13-26-25(31)32-14-21-19-10-5-3-8-17(19)18-9-4-6-11-20(18)21/h3-6,8-11,21-22H,1-2,7,12-16H2,(H,26,31)(H,29,30)/t22-/m0/s1. The lowest BCUT2D eigenvalue weighted by Crippen LogP contribution is -2.41. The number of carbonyl (C=O) groups excluding carboxylic acids is 2. The van der Waals surface area contributed by atoms with E-state index in [1.165, 1.54) is 38.9 Å². The van der Waals surface area contributed by atoms with Gasteiger partial charge in [0.1, 0.15) is 12.6 Å². The molecule has 2 N–H and O–H groups in total. The summed E-state index contributed by atoms with van der Waals surface area (Å²) in [5, 5.41) is 12.0. The maximum Gasteiger partial charge on any atom is 0.407 e. The van der Waals surface area contributed by atoms with E-state index in [1.807, 2.05) is 24.3 Å². The summed E-state index contributed by atoms with van der Waals surface area (Å²) < 4.78 is 5.52. The minimum atomic E-state index is -0.944. The zero-order valence-electron chi connectivity index (χ0n) is 18.4. The van der Waals surface area contributed by atoms with Gasteiger partial charge in [0.25, 0.3) is 0 Å². The number of thioether (sulfide) groups is 1. The molecule has 0 bridgehead atoms. The molecule has 1 atom stereocenters. The molecule has 0 saturated carbocycles. The van der Waals surface area contributed by atoms with Gasteiger partial charge in [-0.25, -0.2) is 9.59 Å². The molecule has 4 rings (SSSR count). The van der Waals surface area contributed by atoms with E-state index >= 15 is 0 Å². The van der Waals surface area contributed by atoms with Gasteiger partial charge in [-0.1, -0.05) is 55.0 Å². The zero-order valence-corrected chi connectivity index (χ0v) is 19.2. The van der Waals surface area contributed by atoms with Crippen molar-refractivity contribution < 1.29 is 24.2 Å². The molecule has 1 saturated heterocycles.